The molecule has 8 aromatic rings. The maximum absolute atomic E-state index is 6.89. The van der Waals surface area contributed by atoms with Gasteiger partial charge < -0.3 is 9.64 Å². The number of rotatable bonds is 6. The SMILES string of the molecule is CC(C)c1cccc(C(C)C)c1-n1c(-c2ccc3c(c2)B2c4cc(-c5cc(C(C)(C)C)ccn5)ccc4N(c4ccccc4)c4cccc(c42)O3)nc2ccccc21. The molecule has 0 amide bonds. The van der Waals surface area contributed by atoms with E-state index in [1.54, 1.807) is 0 Å². The second kappa shape index (κ2) is 13.6. The van der Waals surface area contributed by atoms with Crippen molar-refractivity contribution in [3.63, 3.8) is 0 Å². The van der Waals surface area contributed by atoms with E-state index in [2.05, 4.69) is 197 Å². The highest BCUT2D eigenvalue weighted by molar-refractivity contribution is 6.99. The van der Waals surface area contributed by atoms with Gasteiger partial charge in [-0.2, -0.15) is 0 Å². The van der Waals surface area contributed by atoms with Crippen molar-refractivity contribution in [3.8, 4) is 39.8 Å². The molecule has 0 N–H and O–H groups in total. The minimum Gasteiger partial charge on any atom is -0.458 e. The topological polar surface area (TPSA) is 43.2 Å². The zero-order chi connectivity index (χ0) is 39.9. The highest BCUT2D eigenvalue weighted by atomic mass is 16.5. The maximum Gasteiger partial charge on any atom is 0.256 e. The molecule has 284 valence electrons. The van der Waals surface area contributed by atoms with Crippen LogP contribution in [0, 0.1) is 0 Å². The zero-order valence-electron chi connectivity index (χ0n) is 34.3. The smallest absolute Gasteiger partial charge is 0.256 e. The molecule has 2 aliphatic rings. The van der Waals surface area contributed by atoms with E-state index in [0.29, 0.717) is 11.8 Å². The van der Waals surface area contributed by atoms with E-state index < -0.39 is 0 Å². The van der Waals surface area contributed by atoms with Gasteiger partial charge in [-0.3, -0.25) is 9.55 Å². The quantitative estimate of drug-likeness (QED) is 0.159. The molecule has 6 heteroatoms. The number of benzene rings is 6. The Morgan fingerprint density at radius 3 is 2.09 bits per heavy atom. The monoisotopic (exact) mass is 754 g/mol. The van der Waals surface area contributed by atoms with Gasteiger partial charge in [0.05, 0.1) is 22.4 Å². The van der Waals surface area contributed by atoms with Crippen LogP contribution >= 0.6 is 0 Å². The van der Waals surface area contributed by atoms with Gasteiger partial charge in [0.15, 0.2) is 0 Å². The minimum atomic E-state index is -0.0948. The van der Waals surface area contributed by atoms with Gasteiger partial charge in [0.1, 0.15) is 17.3 Å². The standard InChI is InChI=1S/C52H47BN4O/c1-32(2)38-17-13-18-39(33(3)4)50(38)57-45-20-12-11-19-42(45)55-51(57)35-24-26-47-41(30-35)53-40-29-34(43-31-36(27-28-54-43)52(5,6)7)23-25-44(40)56(37-15-9-8-10-16-37)46-21-14-22-48(58-47)49(46)53/h8-33H,1-7H3. The first-order valence-electron chi connectivity index (χ1n) is 20.6. The van der Waals surface area contributed by atoms with Crippen molar-refractivity contribution < 1.29 is 4.74 Å². The second-order valence-electron chi connectivity index (χ2n) is 17.5. The molecule has 2 aromatic heterocycles. The first-order chi connectivity index (χ1) is 28.1. The summed E-state index contributed by atoms with van der Waals surface area (Å²) in [6.45, 7) is 15.8. The van der Waals surface area contributed by atoms with Crippen molar-refractivity contribution in [1.82, 2.24) is 14.5 Å². The van der Waals surface area contributed by atoms with E-state index in [9.17, 15) is 0 Å². The molecule has 0 aliphatic carbocycles. The summed E-state index contributed by atoms with van der Waals surface area (Å²) in [5, 5.41) is 0. The van der Waals surface area contributed by atoms with Crippen LogP contribution in [0.1, 0.15) is 77.0 Å². The predicted octanol–water partition coefficient (Wildman–Crippen LogP) is 11.7. The molecule has 0 spiro atoms. The van der Waals surface area contributed by atoms with E-state index in [0.717, 1.165) is 73.2 Å². The van der Waals surface area contributed by atoms with Crippen LogP contribution in [0.5, 0.6) is 11.5 Å². The average molecular weight is 755 g/mol. The van der Waals surface area contributed by atoms with E-state index in [4.69, 9.17) is 14.7 Å². The van der Waals surface area contributed by atoms with Crippen molar-refractivity contribution in [2.24, 2.45) is 0 Å². The number of ether oxygens (including phenoxy) is 1. The third-order valence-electron chi connectivity index (χ3n) is 12.0. The van der Waals surface area contributed by atoms with Crippen LogP contribution in [0.2, 0.25) is 0 Å². The number of hydrogen-bond donors (Lipinski definition) is 0. The van der Waals surface area contributed by atoms with E-state index >= 15 is 0 Å². The number of imidazole rings is 1. The molecule has 0 unspecified atom stereocenters. The number of hydrogen-bond acceptors (Lipinski definition) is 4. The fourth-order valence-corrected chi connectivity index (χ4v) is 9.11. The number of anilines is 3. The normalized spacial score (nSPS) is 13.1. The average Bonchev–Trinajstić information content (AvgIpc) is 3.62. The molecule has 10 rings (SSSR count). The van der Waals surface area contributed by atoms with Crippen molar-refractivity contribution in [2.75, 3.05) is 4.90 Å². The van der Waals surface area contributed by atoms with Crippen molar-refractivity contribution in [1.29, 1.82) is 0 Å². The van der Waals surface area contributed by atoms with Gasteiger partial charge in [-0.1, -0.05) is 121 Å². The van der Waals surface area contributed by atoms with Crippen molar-refractivity contribution in [3.05, 3.63) is 162 Å². The van der Waals surface area contributed by atoms with Crippen LogP contribution in [0.25, 0.3) is 39.4 Å². The molecule has 58 heavy (non-hydrogen) atoms. The highest BCUT2D eigenvalue weighted by Gasteiger charge is 2.42. The van der Waals surface area contributed by atoms with Gasteiger partial charge in [-0.25, -0.2) is 4.98 Å². The minimum absolute atomic E-state index is 0.00200. The molecule has 5 nitrogen and oxygen atoms in total. The summed E-state index contributed by atoms with van der Waals surface area (Å²) in [6, 6.07) is 50.4. The molecule has 6 aromatic carbocycles. The van der Waals surface area contributed by atoms with Gasteiger partial charge in [-0.05, 0) is 123 Å². The Balaban J connectivity index is 1.23. The summed E-state index contributed by atoms with van der Waals surface area (Å²) in [5.74, 6) is 3.33. The van der Waals surface area contributed by atoms with Gasteiger partial charge >= 0.3 is 0 Å². The maximum atomic E-state index is 6.89. The molecule has 0 fully saturated rings. The van der Waals surface area contributed by atoms with Gasteiger partial charge in [-0.15, -0.1) is 0 Å². The molecule has 0 saturated heterocycles. The Labute approximate surface area is 342 Å². The van der Waals surface area contributed by atoms with Gasteiger partial charge in [0, 0.05) is 28.8 Å². The Kier molecular flexibility index (Phi) is 8.45. The number of aromatic nitrogens is 3. The summed E-state index contributed by atoms with van der Waals surface area (Å²) < 4.78 is 9.31. The van der Waals surface area contributed by atoms with Gasteiger partial charge in [0.2, 0.25) is 0 Å². The molecule has 0 bridgehead atoms. The van der Waals surface area contributed by atoms with E-state index in [-0.39, 0.29) is 12.1 Å². The molecule has 0 saturated carbocycles. The van der Waals surface area contributed by atoms with Crippen LogP contribution in [-0.2, 0) is 5.41 Å². The number of pyridine rings is 1. The molecule has 0 radical (unpaired) electrons. The van der Waals surface area contributed by atoms with Crippen molar-refractivity contribution >= 4 is 51.2 Å². The first-order valence-corrected chi connectivity index (χ1v) is 20.6. The predicted molar refractivity (Wildman–Crippen MR) is 242 cm³/mol. The Morgan fingerprint density at radius 2 is 1.33 bits per heavy atom. The number of para-hydroxylation sites is 4. The van der Waals surface area contributed by atoms with Crippen LogP contribution in [0.15, 0.2) is 146 Å². The van der Waals surface area contributed by atoms with E-state index in [1.165, 1.54) is 27.8 Å². The Hall–Kier alpha value is -6.40. The highest BCUT2D eigenvalue weighted by Crippen LogP contribution is 2.43. The molecular weight excluding hydrogens is 707 g/mol. The number of fused-ring (bicyclic) bond motifs is 5. The summed E-state index contributed by atoms with van der Waals surface area (Å²) in [4.78, 5) is 12.7. The summed E-state index contributed by atoms with van der Waals surface area (Å²) in [5.41, 5.74) is 17.2. The third kappa shape index (κ3) is 5.76. The van der Waals surface area contributed by atoms with Crippen LogP contribution in [0.3, 0.4) is 0 Å². The van der Waals surface area contributed by atoms with E-state index in [1.807, 2.05) is 6.20 Å². The first kappa shape index (κ1) is 36.0. The van der Waals surface area contributed by atoms with Gasteiger partial charge in [0.25, 0.3) is 6.71 Å². The fourth-order valence-electron chi connectivity index (χ4n) is 9.11. The second-order valence-corrected chi connectivity index (χ2v) is 17.5. The summed E-state index contributed by atoms with van der Waals surface area (Å²) >= 11 is 0. The molecular formula is C52H47BN4O. The molecule has 2 aliphatic heterocycles. The summed E-state index contributed by atoms with van der Waals surface area (Å²) in [7, 11) is 0. The third-order valence-corrected chi connectivity index (χ3v) is 12.0. The lowest BCUT2D eigenvalue weighted by atomic mass is 9.34. The Bertz CT molecular complexity index is 2860. The summed E-state index contributed by atoms with van der Waals surface area (Å²) in [6.07, 6.45) is 1.95. The van der Waals surface area contributed by atoms with Crippen LogP contribution < -0.4 is 26.0 Å². The van der Waals surface area contributed by atoms with Crippen LogP contribution in [-0.4, -0.2) is 21.2 Å². The van der Waals surface area contributed by atoms with Crippen molar-refractivity contribution in [2.45, 2.75) is 65.7 Å². The number of nitrogens with zero attached hydrogens (tertiary/aromatic N) is 4. The lowest BCUT2D eigenvalue weighted by molar-refractivity contribution is 0.487. The zero-order valence-corrected chi connectivity index (χ0v) is 34.3. The largest absolute Gasteiger partial charge is 0.458 e. The van der Waals surface area contributed by atoms with Crippen LogP contribution in [0.4, 0.5) is 17.1 Å². The lowest BCUT2D eigenvalue weighted by Gasteiger charge is -2.40. The molecule has 4 heterocycles. The Morgan fingerprint density at radius 1 is 0.621 bits per heavy atom. The fraction of sp³-hybridized carbons (Fsp3) is 0.192. The molecule has 0 atom stereocenters. The lowest BCUT2D eigenvalue weighted by Crippen LogP contribution is -2.59.